The van der Waals surface area contributed by atoms with Gasteiger partial charge in [0.05, 0.1) is 5.71 Å². The Kier molecular flexibility index (Phi) is 6.39. The van der Waals surface area contributed by atoms with Crippen LogP contribution in [-0.2, 0) is 9.63 Å². The van der Waals surface area contributed by atoms with Gasteiger partial charge in [-0.05, 0) is 25.2 Å². The van der Waals surface area contributed by atoms with E-state index in [1.807, 2.05) is 24.3 Å². The van der Waals surface area contributed by atoms with Crippen LogP contribution in [0, 0.1) is 0 Å². The molecule has 1 aromatic carbocycles. The summed E-state index contributed by atoms with van der Waals surface area (Å²) in [6, 6.07) is 7.84. The van der Waals surface area contributed by atoms with Crippen molar-refractivity contribution in [2.75, 3.05) is 26.2 Å². The third-order valence-electron chi connectivity index (χ3n) is 3.74. The first-order chi connectivity index (χ1) is 10.6. The van der Waals surface area contributed by atoms with Gasteiger partial charge in [0.15, 0.2) is 0 Å². The maximum atomic E-state index is 12.1. The second-order valence-electron chi connectivity index (χ2n) is 5.16. The molecular weight excluding hydrogens is 346 g/mol. The smallest absolute Gasteiger partial charge is 0.264 e. The Balaban J connectivity index is 1.80. The summed E-state index contributed by atoms with van der Waals surface area (Å²) in [6.45, 7) is 7.69. The highest BCUT2D eigenvalue weighted by molar-refractivity contribution is 9.10. The lowest BCUT2D eigenvalue weighted by Gasteiger charge is -2.18. The molecule has 0 radical (unpaired) electrons. The number of hydrogen-bond donors (Lipinski definition) is 1. The number of carbonyl (C=O) groups excluding carboxylic acids is 1. The zero-order chi connectivity index (χ0) is 15.9. The van der Waals surface area contributed by atoms with Crippen molar-refractivity contribution < 1.29 is 9.63 Å². The fraction of sp³-hybridized carbons (Fsp3) is 0.500. The molecule has 0 aromatic heterocycles. The number of rotatable bonds is 7. The highest BCUT2D eigenvalue weighted by Crippen LogP contribution is 2.19. The van der Waals surface area contributed by atoms with E-state index in [4.69, 9.17) is 4.84 Å². The number of benzene rings is 1. The van der Waals surface area contributed by atoms with E-state index >= 15 is 0 Å². The quantitative estimate of drug-likeness (QED) is 0.804. The van der Waals surface area contributed by atoms with Gasteiger partial charge in [0.25, 0.3) is 5.91 Å². The van der Waals surface area contributed by atoms with E-state index < -0.39 is 6.10 Å². The molecule has 5 nitrogen and oxygen atoms in total. The zero-order valence-electron chi connectivity index (χ0n) is 13.0. The van der Waals surface area contributed by atoms with Crippen molar-refractivity contribution in [3.8, 4) is 0 Å². The fourth-order valence-electron chi connectivity index (χ4n) is 2.35. The SMILES string of the molecule is CCN(CC)CCNC(=O)C1CC(c2cccc(Br)c2)=NO1. The van der Waals surface area contributed by atoms with Crippen LogP contribution in [0.3, 0.4) is 0 Å². The third-order valence-corrected chi connectivity index (χ3v) is 4.23. The average molecular weight is 368 g/mol. The Morgan fingerprint density at radius 1 is 1.45 bits per heavy atom. The summed E-state index contributed by atoms with van der Waals surface area (Å²) in [5.74, 6) is -0.0964. The van der Waals surface area contributed by atoms with E-state index in [0.29, 0.717) is 13.0 Å². The van der Waals surface area contributed by atoms with Gasteiger partial charge in [0.1, 0.15) is 0 Å². The van der Waals surface area contributed by atoms with E-state index in [9.17, 15) is 4.79 Å². The monoisotopic (exact) mass is 367 g/mol. The van der Waals surface area contributed by atoms with Gasteiger partial charge in [-0.3, -0.25) is 4.79 Å². The van der Waals surface area contributed by atoms with Gasteiger partial charge in [0, 0.05) is 29.5 Å². The van der Waals surface area contributed by atoms with Crippen molar-refractivity contribution in [3.63, 3.8) is 0 Å². The first-order valence-corrected chi connectivity index (χ1v) is 8.42. The molecule has 1 N–H and O–H groups in total. The molecule has 22 heavy (non-hydrogen) atoms. The normalized spacial score (nSPS) is 17.3. The number of nitrogens with one attached hydrogen (secondary N) is 1. The first kappa shape index (κ1) is 17.0. The highest BCUT2D eigenvalue weighted by Gasteiger charge is 2.28. The van der Waals surface area contributed by atoms with E-state index in [0.717, 1.165) is 35.4 Å². The molecule has 0 aliphatic carbocycles. The highest BCUT2D eigenvalue weighted by atomic mass is 79.9. The lowest BCUT2D eigenvalue weighted by atomic mass is 10.0. The van der Waals surface area contributed by atoms with Crippen LogP contribution in [0.1, 0.15) is 25.8 Å². The Morgan fingerprint density at radius 3 is 2.91 bits per heavy atom. The Bertz CT molecular complexity index is 544. The van der Waals surface area contributed by atoms with Crippen molar-refractivity contribution in [1.29, 1.82) is 0 Å². The molecule has 1 atom stereocenters. The van der Waals surface area contributed by atoms with Crippen LogP contribution in [0.4, 0.5) is 0 Å². The van der Waals surface area contributed by atoms with Crippen LogP contribution in [0.25, 0.3) is 0 Å². The predicted molar refractivity (Wildman–Crippen MR) is 91.0 cm³/mol. The molecule has 1 aliphatic rings. The van der Waals surface area contributed by atoms with Gasteiger partial charge >= 0.3 is 0 Å². The van der Waals surface area contributed by atoms with Crippen LogP contribution in [0.2, 0.25) is 0 Å². The van der Waals surface area contributed by atoms with Crippen LogP contribution in [0.15, 0.2) is 33.9 Å². The second-order valence-corrected chi connectivity index (χ2v) is 6.08. The van der Waals surface area contributed by atoms with Gasteiger partial charge in [-0.1, -0.05) is 47.1 Å². The summed E-state index contributed by atoms with van der Waals surface area (Å²) in [7, 11) is 0. The summed E-state index contributed by atoms with van der Waals surface area (Å²) in [4.78, 5) is 19.7. The van der Waals surface area contributed by atoms with Crippen LogP contribution in [-0.4, -0.2) is 48.8 Å². The molecule has 0 bridgehead atoms. The Labute approximate surface area is 139 Å². The Hall–Kier alpha value is -1.40. The van der Waals surface area contributed by atoms with Crippen LogP contribution >= 0.6 is 15.9 Å². The number of carbonyl (C=O) groups is 1. The third kappa shape index (κ3) is 4.55. The largest absolute Gasteiger partial charge is 0.382 e. The van der Waals surface area contributed by atoms with E-state index in [2.05, 4.69) is 45.1 Å². The molecule has 1 aliphatic heterocycles. The Morgan fingerprint density at radius 2 is 2.23 bits per heavy atom. The van der Waals surface area contributed by atoms with Gasteiger partial charge in [0.2, 0.25) is 6.10 Å². The molecule has 0 saturated carbocycles. The van der Waals surface area contributed by atoms with Crippen molar-refractivity contribution in [2.45, 2.75) is 26.4 Å². The topological polar surface area (TPSA) is 53.9 Å². The van der Waals surface area contributed by atoms with E-state index in [-0.39, 0.29) is 5.91 Å². The van der Waals surface area contributed by atoms with Crippen LogP contribution < -0.4 is 5.32 Å². The first-order valence-electron chi connectivity index (χ1n) is 7.62. The summed E-state index contributed by atoms with van der Waals surface area (Å²) >= 11 is 3.43. The van der Waals surface area contributed by atoms with Crippen molar-refractivity contribution in [3.05, 3.63) is 34.3 Å². The molecular formula is C16H22BrN3O2. The molecule has 1 aromatic rings. The minimum absolute atomic E-state index is 0.0964. The number of oxime groups is 1. The fourth-order valence-corrected chi connectivity index (χ4v) is 2.75. The number of halogens is 1. The molecule has 0 fully saturated rings. The standard InChI is InChI=1S/C16H22BrN3O2/c1-3-20(4-2)9-8-18-16(21)15-11-14(19-22-15)12-6-5-7-13(17)10-12/h5-7,10,15H,3-4,8-9,11H2,1-2H3,(H,18,21). The lowest BCUT2D eigenvalue weighted by molar-refractivity contribution is -0.131. The second kappa shape index (κ2) is 8.29. The minimum Gasteiger partial charge on any atom is -0.382 e. The van der Waals surface area contributed by atoms with Crippen molar-refractivity contribution in [2.24, 2.45) is 5.16 Å². The molecule has 0 saturated heterocycles. The number of hydrogen-bond acceptors (Lipinski definition) is 4. The summed E-state index contributed by atoms with van der Waals surface area (Å²) < 4.78 is 0.986. The van der Waals surface area contributed by atoms with E-state index in [1.165, 1.54) is 0 Å². The number of amides is 1. The molecule has 120 valence electrons. The van der Waals surface area contributed by atoms with Crippen molar-refractivity contribution in [1.82, 2.24) is 10.2 Å². The molecule has 6 heteroatoms. The number of nitrogens with zero attached hydrogens (tertiary/aromatic N) is 2. The van der Waals surface area contributed by atoms with Gasteiger partial charge < -0.3 is 15.1 Å². The lowest BCUT2D eigenvalue weighted by Crippen LogP contribution is -2.39. The number of likely N-dealkylation sites (N-methyl/N-ethyl adjacent to an activating group) is 1. The zero-order valence-corrected chi connectivity index (χ0v) is 14.6. The maximum Gasteiger partial charge on any atom is 0.264 e. The van der Waals surface area contributed by atoms with Gasteiger partial charge in [-0.2, -0.15) is 0 Å². The van der Waals surface area contributed by atoms with E-state index in [1.54, 1.807) is 0 Å². The van der Waals surface area contributed by atoms with Gasteiger partial charge in [-0.25, -0.2) is 0 Å². The van der Waals surface area contributed by atoms with Crippen molar-refractivity contribution >= 4 is 27.5 Å². The average Bonchev–Trinajstić information content (AvgIpc) is 3.01. The molecule has 2 rings (SSSR count). The minimum atomic E-state index is -0.523. The van der Waals surface area contributed by atoms with Gasteiger partial charge in [-0.15, -0.1) is 0 Å². The maximum absolute atomic E-state index is 12.1. The van der Waals surface area contributed by atoms with Crippen LogP contribution in [0.5, 0.6) is 0 Å². The molecule has 1 amide bonds. The predicted octanol–water partition coefficient (Wildman–Crippen LogP) is 2.40. The molecule has 1 unspecified atom stereocenters. The summed E-state index contributed by atoms with van der Waals surface area (Å²) in [6.07, 6.45) is -0.0150. The summed E-state index contributed by atoms with van der Waals surface area (Å²) in [5, 5.41) is 6.97. The molecule has 1 heterocycles. The molecule has 0 spiro atoms. The summed E-state index contributed by atoms with van der Waals surface area (Å²) in [5.41, 5.74) is 1.79.